The lowest BCUT2D eigenvalue weighted by Gasteiger charge is -2.20. The number of urea groups is 1. The maximum atomic E-state index is 12.4. The summed E-state index contributed by atoms with van der Waals surface area (Å²) in [5, 5.41) is 8.17. The number of rotatable bonds is 10. The lowest BCUT2D eigenvalue weighted by molar-refractivity contribution is -0.148. The van der Waals surface area contributed by atoms with Gasteiger partial charge in [0, 0.05) is 18.7 Å². The van der Waals surface area contributed by atoms with Gasteiger partial charge in [0.1, 0.15) is 5.75 Å². The van der Waals surface area contributed by atoms with Gasteiger partial charge in [-0.2, -0.15) is 0 Å². The van der Waals surface area contributed by atoms with E-state index in [1.54, 1.807) is 57.4 Å². The standard InChI is InChI=1S/C23H29N3O5/c1-16(2)31-22(28)15-20(17-9-11-19(30-3)12-10-17)26-21(27)13-14-24-23(29)25-18-7-5-4-6-8-18/h4-12,16,20H,13-15H2,1-3H3,(H,26,27)(H2,24,25,29)/t20-/m0/s1. The number of ether oxygens (including phenoxy) is 2. The summed E-state index contributed by atoms with van der Waals surface area (Å²) in [7, 11) is 1.56. The van der Waals surface area contributed by atoms with Crippen LogP contribution in [0, 0.1) is 0 Å². The van der Waals surface area contributed by atoms with Gasteiger partial charge < -0.3 is 25.4 Å². The highest BCUT2D eigenvalue weighted by Gasteiger charge is 2.20. The van der Waals surface area contributed by atoms with Crippen LogP contribution >= 0.6 is 0 Å². The molecular weight excluding hydrogens is 398 g/mol. The molecule has 0 aliphatic heterocycles. The predicted molar refractivity (Wildman–Crippen MR) is 118 cm³/mol. The number of hydrogen-bond acceptors (Lipinski definition) is 5. The summed E-state index contributed by atoms with van der Waals surface area (Å²) in [4.78, 5) is 36.5. The van der Waals surface area contributed by atoms with Crippen molar-refractivity contribution in [1.29, 1.82) is 0 Å². The number of hydrogen-bond donors (Lipinski definition) is 3. The summed E-state index contributed by atoms with van der Waals surface area (Å²) in [6, 6.07) is 15.2. The Kier molecular flexibility index (Phi) is 9.35. The number of carbonyl (C=O) groups excluding carboxylic acids is 3. The van der Waals surface area contributed by atoms with E-state index in [9.17, 15) is 14.4 Å². The third-order valence-corrected chi connectivity index (χ3v) is 4.26. The van der Waals surface area contributed by atoms with E-state index < -0.39 is 18.0 Å². The van der Waals surface area contributed by atoms with Crippen molar-refractivity contribution in [3.8, 4) is 5.75 Å². The molecule has 0 saturated heterocycles. The molecule has 0 bridgehead atoms. The van der Waals surface area contributed by atoms with Crippen LogP contribution in [0.15, 0.2) is 54.6 Å². The normalized spacial score (nSPS) is 11.4. The first-order valence-electron chi connectivity index (χ1n) is 10.1. The fourth-order valence-electron chi connectivity index (χ4n) is 2.82. The van der Waals surface area contributed by atoms with Gasteiger partial charge in [-0.25, -0.2) is 4.79 Å². The zero-order valence-electron chi connectivity index (χ0n) is 18.0. The van der Waals surface area contributed by atoms with E-state index >= 15 is 0 Å². The summed E-state index contributed by atoms with van der Waals surface area (Å²) < 4.78 is 10.4. The Labute approximate surface area is 182 Å². The number of anilines is 1. The van der Waals surface area contributed by atoms with Crippen LogP contribution in [-0.2, 0) is 14.3 Å². The minimum absolute atomic E-state index is 0.00181. The molecule has 2 aromatic rings. The molecule has 2 aromatic carbocycles. The number of amides is 3. The highest BCUT2D eigenvalue weighted by Crippen LogP contribution is 2.21. The van der Waals surface area contributed by atoms with Crippen LogP contribution in [0.3, 0.4) is 0 Å². The molecule has 0 aliphatic carbocycles. The SMILES string of the molecule is COc1ccc([C@H](CC(=O)OC(C)C)NC(=O)CCNC(=O)Nc2ccccc2)cc1. The van der Waals surface area contributed by atoms with Crippen LogP contribution in [0.5, 0.6) is 5.75 Å². The van der Waals surface area contributed by atoms with E-state index in [2.05, 4.69) is 16.0 Å². The number of nitrogens with one attached hydrogen (secondary N) is 3. The Morgan fingerprint density at radius 2 is 1.65 bits per heavy atom. The molecule has 3 N–H and O–H groups in total. The summed E-state index contributed by atoms with van der Waals surface area (Å²) in [6.07, 6.45) is -0.182. The number of para-hydroxylation sites is 1. The van der Waals surface area contributed by atoms with Crippen LogP contribution in [0.1, 0.15) is 38.3 Å². The van der Waals surface area contributed by atoms with E-state index in [4.69, 9.17) is 9.47 Å². The number of carbonyl (C=O) groups is 3. The van der Waals surface area contributed by atoms with Gasteiger partial charge in [0.2, 0.25) is 5.91 Å². The number of methoxy groups -OCH3 is 1. The van der Waals surface area contributed by atoms with Crippen LogP contribution in [0.4, 0.5) is 10.5 Å². The fourth-order valence-corrected chi connectivity index (χ4v) is 2.82. The van der Waals surface area contributed by atoms with Crippen LogP contribution in [0.2, 0.25) is 0 Å². The molecule has 0 radical (unpaired) electrons. The average molecular weight is 428 g/mol. The minimum Gasteiger partial charge on any atom is -0.497 e. The van der Waals surface area contributed by atoms with Crippen molar-refractivity contribution >= 4 is 23.6 Å². The Balaban J connectivity index is 1.89. The van der Waals surface area contributed by atoms with Crippen molar-refractivity contribution in [2.75, 3.05) is 19.0 Å². The van der Waals surface area contributed by atoms with Crippen molar-refractivity contribution < 1.29 is 23.9 Å². The Bertz CT molecular complexity index is 853. The molecule has 1 atom stereocenters. The summed E-state index contributed by atoms with van der Waals surface area (Å²) >= 11 is 0. The molecule has 8 heteroatoms. The average Bonchev–Trinajstić information content (AvgIpc) is 2.73. The second-order valence-electron chi connectivity index (χ2n) is 7.13. The molecule has 0 unspecified atom stereocenters. The Hall–Kier alpha value is -3.55. The van der Waals surface area contributed by atoms with E-state index in [1.165, 1.54) is 0 Å². The number of esters is 1. The fraction of sp³-hybridized carbons (Fsp3) is 0.348. The zero-order chi connectivity index (χ0) is 22.6. The van der Waals surface area contributed by atoms with Gasteiger partial charge in [0.05, 0.1) is 25.7 Å². The van der Waals surface area contributed by atoms with Gasteiger partial charge in [-0.1, -0.05) is 30.3 Å². The second kappa shape index (κ2) is 12.2. The Morgan fingerprint density at radius 3 is 2.26 bits per heavy atom. The molecule has 0 aromatic heterocycles. The lowest BCUT2D eigenvalue weighted by atomic mass is 10.0. The molecule has 31 heavy (non-hydrogen) atoms. The smallest absolute Gasteiger partial charge is 0.319 e. The summed E-state index contributed by atoms with van der Waals surface area (Å²) in [5.41, 5.74) is 1.41. The first-order valence-corrected chi connectivity index (χ1v) is 10.1. The zero-order valence-corrected chi connectivity index (χ0v) is 18.0. The largest absolute Gasteiger partial charge is 0.497 e. The van der Waals surface area contributed by atoms with Crippen LogP contribution in [-0.4, -0.2) is 37.7 Å². The third kappa shape index (κ3) is 8.77. The number of benzene rings is 2. The molecule has 0 aliphatic rings. The van der Waals surface area contributed by atoms with Gasteiger partial charge in [-0.05, 0) is 43.7 Å². The molecule has 0 fully saturated rings. The molecule has 2 rings (SSSR count). The van der Waals surface area contributed by atoms with Crippen molar-refractivity contribution in [2.45, 2.75) is 38.8 Å². The van der Waals surface area contributed by atoms with Crippen molar-refractivity contribution in [3.05, 3.63) is 60.2 Å². The molecule has 8 nitrogen and oxygen atoms in total. The summed E-state index contributed by atoms with van der Waals surface area (Å²) in [6.45, 7) is 3.69. The highest BCUT2D eigenvalue weighted by molar-refractivity contribution is 5.89. The van der Waals surface area contributed by atoms with Gasteiger partial charge in [-0.3, -0.25) is 9.59 Å². The molecule has 0 saturated carbocycles. The molecule has 3 amide bonds. The monoisotopic (exact) mass is 427 g/mol. The van der Waals surface area contributed by atoms with Crippen LogP contribution in [0.25, 0.3) is 0 Å². The van der Waals surface area contributed by atoms with E-state index in [-0.39, 0.29) is 31.4 Å². The maximum absolute atomic E-state index is 12.4. The van der Waals surface area contributed by atoms with E-state index in [0.717, 1.165) is 5.56 Å². The van der Waals surface area contributed by atoms with Crippen molar-refractivity contribution in [1.82, 2.24) is 10.6 Å². The molecule has 166 valence electrons. The van der Waals surface area contributed by atoms with Gasteiger partial charge in [-0.15, -0.1) is 0 Å². The quantitative estimate of drug-likeness (QED) is 0.504. The van der Waals surface area contributed by atoms with Gasteiger partial charge in [0.15, 0.2) is 0 Å². The first kappa shape index (κ1) is 23.7. The second-order valence-corrected chi connectivity index (χ2v) is 7.13. The lowest BCUT2D eigenvalue weighted by Crippen LogP contribution is -2.35. The predicted octanol–water partition coefficient (Wildman–Crippen LogP) is 3.41. The molecule has 0 spiro atoms. The highest BCUT2D eigenvalue weighted by atomic mass is 16.5. The molecule has 0 heterocycles. The first-order chi connectivity index (χ1) is 14.9. The minimum atomic E-state index is -0.553. The van der Waals surface area contributed by atoms with E-state index in [0.29, 0.717) is 11.4 Å². The topological polar surface area (TPSA) is 106 Å². The third-order valence-electron chi connectivity index (χ3n) is 4.26. The summed E-state index contributed by atoms with van der Waals surface area (Å²) in [5.74, 6) is -0.0260. The molecular formula is C23H29N3O5. The maximum Gasteiger partial charge on any atom is 0.319 e. The van der Waals surface area contributed by atoms with Gasteiger partial charge in [0.25, 0.3) is 0 Å². The van der Waals surface area contributed by atoms with Crippen molar-refractivity contribution in [2.24, 2.45) is 0 Å². The van der Waals surface area contributed by atoms with Gasteiger partial charge >= 0.3 is 12.0 Å². The van der Waals surface area contributed by atoms with Crippen LogP contribution < -0.4 is 20.7 Å². The van der Waals surface area contributed by atoms with E-state index in [1.807, 2.05) is 18.2 Å². The van der Waals surface area contributed by atoms with Crippen molar-refractivity contribution in [3.63, 3.8) is 0 Å². The Morgan fingerprint density at radius 1 is 0.968 bits per heavy atom.